The lowest BCUT2D eigenvalue weighted by atomic mass is 10.2. The summed E-state index contributed by atoms with van der Waals surface area (Å²) in [6, 6.07) is 9.43. The summed E-state index contributed by atoms with van der Waals surface area (Å²) in [7, 11) is 0. The third kappa shape index (κ3) is 4.09. The number of nitrogens with one attached hydrogen (secondary N) is 1. The van der Waals surface area contributed by atoms with E-state index in [2.05, 4.69) is 37.2 Å². The summed E-state index contributed by atoms with van der Waals surface area (Å²) in [6.45, 7) is 1.12. The van der Waals surface area contributed by atoms with Crippen LogP contribution in [0.15, 0.2) is 45.3 Å². The zero-order chi connectivity index (χ0) is 13.8. The lowest BCUT2D eigenvalue weighted by Gasteiger charge is -2.08. The average Bonchev–Trinajstić information content (AvgIpc) is 2.38. The van der Waals surface area contributed by atoms with Gasteiger partial charge in [0.1, 0.15) is 11.6 Å². The standard InChI is InChI=1S/C14H11Br2F2N/c15-12-3-2-11(17)6-10(12)8-19-7-9-1-4-14(18)13(16)5-9/h1-6,19H,7-8H2. The molecule has 0 aliphatic heterocycles. The maximum Gasteiger partial charge on any atom is 0.137 e. The van der Waals surface area contributed by atoms with Gasteiger partial charge in [-0.05, 0) is 57.4 Å². The summed E-state index contributed by atoms with van der Waals surface area (Å²) >= 11 is 6.52. The largest absolute Gasteiger partial charge is 0.309 e. The van der Waals surface area contributed by atoms with Gasteiger partial charge in [-0.3, -0.25) is 0 Å². The van der Waals surface area contributed by atoms with Crippen molar-refractivity contribution in [3.63, 3.8) is 0 Å². The molecule has 0 unspecified atom stereocenters. The number of hydrogen-bond acceptors (Lipinski definition) is 1. The summed E-state index contributed by atoms with van der Waals surface area (Å²) in [5.41, 5.74) is 1.81. The van der Waals surface area contributed by atoms with Gasteiger partial charge in [0.05, 0.1) is 4.47 Å². The predicted molar refractivity (Wildman–Crippen MR) is 78.7 cm³/mol. The SMILES string of the molecule is Fc1ccc(Br)c(CNCc2ccc(F)c(Br)c2)c1. The second kappa shape index (κ2) is 6.59. The molecule has 0 aromatic heterocycles. The van der Waals surface area contributed by atoms with E-state index in [1.807, 2.05) is 0 Å². The van der Waals surface area contributed by atoms with Crippen LogP contribution in [0, 0.1) is 11.6 Å². The molecule has 2 aromatic rings. The number of halogens is 4. The van der Waals surface area contributed by atoms with Crippen LogP contribution in [0.2, 0.25) is 0 Å². The summed E-state index contributed by atoms with van der Waals surface area (Å²) < 4.78 is 27.5. The molecule has 0 bridgehead atoms. The Morgan fingerprint density at radius 1 is 0.895 bits per heavy atom. The van der Waals surface area contributed by atoms with Crippen LogP contribution >= 0.6 is 31.9 Å². The normalized spacial score (nSPS) is 10.7. The Hall–Kier alpha value is -0.780. The molecule has 1 N–H and O–H groups in total. The first-order valence-electron chi connectivity index (χ1n) is 5.65. The van der Waals surface area contributed by atoms with E-state index in [0.29, 0.717) is 17.6 Å². The summed E-state index contributed by atoms with van der Waals surface area (Å²) in [6.07, 6.45) is 0. The Morgan fingerprint density at radius 2 is 1.68 bits per heavy atom. The van der Waals surface area contributed by atoms with Crippen LogP contribution in [0.1, 0.15) is 11.1 Å². The van der Waals surface area contributed by atoms with Crippen molar-refractivity contribution in [1.29, 1.82) is 0 Å². The number of hydrogen-bond donors (Lipinski definition) is 1. The fourth-order valence-corrected chi connectivity index (χ4v) is 2.48. The van der Waals surface area contributed by atoms with E-state index >= 15 is 0 Å². The lowest BCUT2D eigenvalue weighted by Crippen LogP contribution is -2.13. The second-order valence-electron chi connectivity index (χ2n) is 4.09. The van der Waals surface area contributed by atoms with Crippen molar-refractivity contribution in [1.82, 2.24) is 5.32 Å². The maximum atomic E-state index is 13.1. The van der Waals surface area contributed by atoms with Crippen LogP contribution in [-0.4, -0.2) is 0 Å². The molecule has 0 radical (unpaired) electrons. The maximum absolute atomic E-state index is 13.1. The third-order valence-corrected chi connectivity index (χ3v) is 4.02. The summed E-state index contributed by atoms with van der Waals surface area (Å²) in [5.74, 6) is -0.541. The van der Waals surface area contributed by atoms with Crippen molar-refractivity contribution in [3.8, 4) is 0 Å². The van der Waals surface area contributed by atoms with Gasteiger partial charge in [-0.15, -0.1) is 0 Å². The highest BCUT2D eigenvalue weighted by molar-refractivity contribution is 9.10. The smallest absolute Gasteiger partial charge is 0.137 e. The van der Waals surface area contributed by atoms with E-state index in [9.17, 15) is 8.78 Å². The first kappa shape index (κ1) is 14.6. The highest BCUT2D eigenvalue weighted by atomic mass is 79.9. The van der Waals surface area contributed by atoms with Crippen LogP contribution in [0.5, 0.6) is 0 Å². The quantitative estimate of drug-likeness (QED) is 0.792. The molecular weight excluding hydrogens is 380 g/mol. The fraction of sp³-hybridized carbons (Fsp3) is 0.143. The highest BCUT2D eigenvalue weighted by Gasteiger charge is 2.03. The van der Waals surface area contributed by atoms with Crippen molar-refractivity contribution in [2.75, 3.05) is 0 Å². The number of rotatable bonds is 4. The summed E-state index contributed by atoms with van der Waals surface area (Å²) in [4.78, 5) is 0. The average molecular weight is 391 g/mol. The van der Waals surface area contributed by atoms with E-state index in [-0.39, 0.29) is 11.6 Å². The minimum absolute atomic E-state index is 0.260. The van der Waals surface area contributed by atoms with E-state index in [4.69, 9.17) is 0 Å². The zero-order valence-electron chi connectivity index (χ0n) is 9.89. The predicted octanol–water partition coefficient (Wildman–Crippen LogP) is 4.78. The van der Waals surface area contributed by atoms with E-state index < -0.39 is 0 Å². The Morgan fingerprint density at radius 3 is 2.42 bits per heavy atom. The van der Waals surface area contributed by atoms with Gasteiger partial charge in [-0.25, -0.2) is 8.78 Å². The fourth-order valence-electron chi connectivity index (χ4n) is 1.67. The van der Waals surface area contributed by atoms with Gasteiger partial charge < -0.3 is 5.32 Å². The van der Waals surface area contributed by atoms with Gasteiger partial charge in [0.2, 0.25) is 0 Å². The molecule has 2 aromatic carbocycles. The Balaban J connectivity index is 1.96. The van der Waals surface area contributed by atoms with Crippen LogP contribution in [0.4, 0.5) is 8.78 Å². The van der Waals surface area contributed by atoms with Gasteiger partial charge in [0, 0.05) is 17.6 Å². The lowest BCUT2D eigenvalue weighted by molar-refractivity contribution is 0.614. The monoisotopic (exact) mass is 389 g/mol. The number of benzene rings is 2. The van der Waals surface area contributed by atoms with Crippen molar-refractivity contribution < 1.29 is 8.78 Å². The van der Waals surface area contributed by atoms with Crippen LogP contribution in [0.25, 0.3) is 0 Å². The molecule has 100 valence electrons. The third-order valence-electron chi connectivity index (χ3n) is 2.64. The molecule has 0 saturated heterocycles. The van der Waals surface area contributed by atoms with Crippen LogP contribution in [0.3, 0.4) is 0 Å². The molecule has 0 aliphatic carbocycles. The van der Waals surface area contributed by atoms with Gasteiger partial charge in [-0.2, -0.15) is 0 Å². The van der Waals surface area contributed by atoms with Crippen molar-refractivity contribution in [2.24, 2.45) is 0 Å². The van der Waals surface area contributed by atoms with Crippen molar-refractivity contribution >= 4 is 31.9 Å². The minimum atomic E-state index is -0.281. The molecule has 5 heteroatoms. The molecule has 2 rings (SSSR count). The first-order valence-corrected chi connectivity index (χ1v) is 7.23. The van der Waals surface area contributed by atoms with Crippen molar-refractivity contribution in [3.05, 3.63) is 68.1 Å². The molecule has 0 saturated carbocycles. The summed E-state index contributed by atoms with van der Waals surface area (Å²) in [5, 5.41) is 3.19. The van der Waals surface area contributed by atoms with Gasteiger partial charge in [0.25, 0.3) is 0 Å². The van der Waals surface area contributed by atoms with E-state index in [0.717, 1.165) is 15.6 Å². The van der Waals surface area contributed by atoms with Crippen LogP contribution < -0.4 is 5.32 Å². The molecule has 1 nitrogen and oxygen atoms in total. The second-order valence-corrected chi connectivity index (χ2v) is 5.80. The first-order chi connectivity index (χ1) is 9.06. The minimum Gasteiger partial charge on any atom is -0.309 e. The molecule has 0 atom stereocenters. The van der Waals surface area contributed by atoms with Gasteiger partial charge in [-0.1, -0.05) is 22.0 Å². The molecular formula is C14H11Br2F2N. The van der Waals surface area contributed by atoms with Crippen molar-refractivity contribution in [2.45, 2.75) is 13.1 Å². The van der Waals surface area contributed by atoms with E-state index in [1.54, 1.807) is 18.2 Å². The molecule has 0 spiro atoms. The molecule has 0 amide bonds. The molecule has 19 heavy (non-hydrogen) atoms. The molecule has 0 aliphatic rings. The van der Waals surface area contributed by atoms with Crippen LogP contribution in [-0.2, 0) is 13.1 Å². The van der Waals surface area contributed by atoms with Gasteiger partial charge >= 0.3 is 0 Å². The Bertz CT molecular complexity index is 588. The van der Waals surface area contributed by atoms with Gasteiger partial charge in [0.15, 0.2) is 0 Å². The topological polar surface area (TPSA) is 12.0 Å². The zero-order valence-corrected chi connectivity index (χ0v) is 13.1. The highest BCUT2D eigenvalue weighted by Crippen LogP contribution is 2.19. The Labute approximate surface area is 127 Å². The molecule has 0 fully saturated rings. The van der Waals surface area contributed by atoms with E-state index in [1.165, 1.54) is 18.2 Å². The Kier molecular flexibility index (Phi) is 5.07. The molecule has 0 heterocycles.